The van der Waals surface area contributed by atoms with Crippen molar-refractivity contribution >= 4 is 33.2 Å². The third kappa shape index (κ3) is 3.10. The summed E-state index contributed by atoms with van der Waals surface area (Å²) in [5.41, 5.74) is 1.24. The van der Waals surface area contributed by atoms with Gasteiger partial charge in [-0.1, -0.05) is 15.9 Å². The fraction of sp³-hybridized carbons (Fsp3) is 0.500. The second-order valence-corrected chi connectivity index (χ2v) is 6.67. The summed E-state index contributed by atoms with van der Waals surface area (Å²) in [6.45, 7) is 6.35. The normalized spacial score (nSPS) is 11.4. The maximum absolute atomic E-state index is 11.5. The van der Waals surface area contributed by atoms with Crippen molar-refractivity contribution in [2.24, 2.45) is 0 Å². The Morgan fingerprint density at radius 1 is 1.64 bits per heavy atom. The van der Waals surface area contributed by atoms with Gasteiger partial charge in [-0.25, -0.2) is 0 Å². The molecule has 0 aliphatic rings. The van der Waals surface area contributed by atoms with Crippen LogP contribution in [0, 0.1) is 6.92 Å². The Morgan fingerprint density at radius 2 is 2.29 bits per heavy atom. The van der Waals surface area contributed by atoms with E-state index in [1.54, 1.807) is 11.3 Å². The lowest BCUT2D eigenvalue weighted by Crippen LogP contribution is -2.36. The summed E-state index contributed by atoms with van der Waals surface area (Å²) in [5.74, 6) is 0.0188. The molecule has 14 heavy (non-hydrogen) atoms. The van der Waals surface area contributed by atoms with E-state index in [-0.39, 0.29) is 5.91 Å². The summed E-state index contributed by atoms with van der Waals surface area (Å²) in [4.78, 5) is 12.7. The average Bonchev–Trinajstić information content (AvgIpc) is 2.45. The van der Waals surface area contributed by atoms with Gasteiger partial charge in [-0.05, 0) is 37.8 Å². The predicted molar refractivity (Wildman–Crippen MR) is 63.9 cm³/mol. The molecule has 0 fully saturated rings. The highest BCUT2D eigenvalue weighted by Crippen LogP contribution is 2.18. The summed E-state index contributed by atoms with van der Waals surface area (Å²) in [6, 6.07) is 2.06. The van der Waals surface area contributed by atoms with E-state index in [9.17, 15) is 4.79 Å². The minimum Gasteiger partial charge on any atom is -0.350 e. The summed E-state index contributed by atoms with van der Waals surface area (Å²) >= 11 is 4.99. The van der Waals surface area contributed by atoms with Crippen LogP contribution in [-0.2, 0) is 11.3 Å². The molecular weight excluding hydrogens is 262 g/mol. The molecule has 0 unspecified atom stereocenters. The van der Waals surface area contributed by atoms with Crippen LogP contribution in [0.15, 0.2) is 11.4 Å². The SMILES string of the molecule is Cc1ccsc1CNC(=O)C(C)(C)Br. The predicted octanol–water partition coefficient (Wildman–Crippen LogP) is 2.85. The first-order valence-corrected chi connectivity index (χ1v) is 6.08. The molecule has 0 bridgehead atoms. The van der Waals surface area contributed by atoms with Crippen LogP contribution in [0.1, 0.15) is 24.3 Å². The van der Waals surface area contributed by atoms with E-state index in [2.05, 4.69) is 34.2 Å². The molecule has 1 aromatic heterocycles. The zero-order chi connectivity index (χ0) is 10.8. The lowest BCUT2D eigenvalue weighted by Gasteiger charge is -2.15. The monoisotopic (exact) mass is 275 g/mol. The highest BCUT2D eigenvalue weighted by molar-refractivity contribution is 9.10. The summed E-state index contributed by atoms with van der Waals surface area (Å²) in [7, 11) is 0. The number of hydrogen-bond acceptors (Lipinski definition) is 2. The maximum Gasteiger partial charge on any atom is 0.236 e. The van der Waals surface area contributed by atoms with Gasteiger partial charge < -0.3 is 5.32 Å². The van der Waals surface area contributed by atoms with Crippen molar-refractivity contribution < 1.29 is 4.79 Å². The number of carbonyl (C=O) groups is 1. The molecule has 1 rings (SSSR count). The average molecular weight is 276 g/mol. The first-order valence-electron chi connectivity index (χ1n) is 4.41. The summed E-state index contributed by atoms with van der Waals surface area (Å²) in [6.07, 6.45) is 0. The molecule has 0 radical (unpaired) electrons. The molecule has 4 heteroatoms. The van der Waals surface area contributed by atoms with Gasteiger partial charge in [0, 0.05) is 4.88 Å². The number of amides is 1. The van der Waals surface area contributed by atoms with E-state index in [4.69, 9.17) is 0 Å². The van der Waals surface area contributed by atoms with Crippen LogP contribution in [-0.4, -0.2) is 10.2 Å². The van der Waals surface area contributed by atoms with Crippen LogP contribution >= 0.6 is 27.3 Å². The van der Waals surface area contributed by atoms with Gasteiger partial charge in [0.05, 0.1) is 10.9 Å². The number of carbonyl (C=O) groups excluding carboxylic acids is 1. The van der Waals surface area contributed by atoms with Gasteiger partial charge in [-0.3, -0.25) is 4.79 Å². The third-order valence-corrected chi connectivity index (χ3v) is 3.30. The third-order valence-electron chi connectivity index (χ3n) is 1.92. The quantitative estimate of drug-likeness (QED) is 0.845. The number of halogens is 1. The van der Waals surface area contributed by atoms with E-state index in [1.165, 1.54) is 10.4 Å². The fourth-order valence-corrected chi connectivity index (χ4v) is 1.94. The van der Waals surface area contributed by atoms with Crippen molar-refractivity contribution in [1.29, 1.82) is 0 Å². The Bertz CT molecular complexity index is 327. The molecule has 0 aromatic carbocycles. The van der Waals surface area contributed by atoms with E-state index in [1.807, 2.05) is 19.2 Å². The Hall–Kier alpha value is -0.350. The van der Waals surface area contributed by atoms with Gasteiger partial charge in [0.2, 0.25) is 5.91 Å². The zero-order valence-electron chi connectivity index (χ0n) is 8.56. The van der Waals surface area contributed by atoms with Crippen LogP contribution in [0.4, 0.5) is 0 Å². The van der Waals surface area contributed by atoms with Crippen LogP contribution in [0.3, 0.4) is 0 Å². The van der Waals surface area contributed by atoms with Crippen LogP contribution < -0.4 is 5.32 Å². The number of alkyl halides is 1. The molecule has 0 saturated carbocycles. The Balaban J connectivity index is 2.50. The molecule has 1 amide bonds. The molecule has 0 saturated heterocycles. The zero-order valence-corrected chi connectivity index (χ0v) is 11.0. The Labute approximate surface area is 96.8 Å². The van der Waals surface area contributed by atoms with Gasteiger partial charge in [0.1, 0.15) is 0 Å². The topological polar surface area (TPSA) is 29.1 Å². The van der Waals surface area contributed by atoms with Gasteiger partial charge in [0.25, 0.3) is 0 Å². The van der Waals surface area contributed by atoms with Crippen LogP contribution in [0.5, 0.6) is 0 Å². The van der Waals surface area contributed by atoms with Gasteiger partial charge in [-0.2, -0.15) is 0 Å². The molecule has 0 aliphatic heterocycles. The summed E-state index contributed by atoms with van der Waals surface area (Å²) < 4.78 is -0.488. The molecule has 0 atom stereocenters. The van der Waals surface area contributed by atoms with E-state index in [0.717, 1.165) is 0 Å². The van der Waals surface area contributed by atoms with Gasteiger partial charge in [-0.15, -0.1) is 11.3 Å². The molecule has 0 spiro atoms. The molecule has 1 aromatic rings. The van der Waals surface area contributed by atoms with Crippen molar-refractivity contribution in [2.45, 2.75) is 31.6 Å². The van der Waals surface area contributed by atoms with E-state index < -0.39 is 4.32 Å². The fourth-order valence-electron chi connectivity index (χ4n) is 0.956. The molecule has 78 valence electrons. The minimum absolute atomic E-state index is 0.0188. The molecule has 2 nitrogen and oxygen atoms in total. The van der Waals surface area contributed by atoms with Crippen LogP contribution in [0.25, 0.3) is 0 Å². The van der Waals surface area contributed by atoms with Gasteiger partial charge in [0.15, 0.2) is 0 Å². The Morgan fingerprint density at radius 3 is 2.71 bits per heavy atom. The lowest BCUT2D eigenvalue weighted by atomic mass is 10.2. The Kier molecular flexibility index (Phi) is 3.72. The molecular formula is C10H14BrNOS. The van der Waals surface area contributed by atoms with E-state index in [0.29, 0.717) is 6.54 Å². The second kappa shape index (κ2) is 4.45. The molecule has 1 heterocycles. The van der Waals surface area contributed by atoms with Crippen molar-refractivity contribution in [3.8, 4) is 0 Å². The van der Waals surface area contributed by atoms with Gasteiger partial charge >= 0.3 is 0 Å². The number of rotatable bonds is 3. The number of nitrogens with one attached hydrogen (secondary N) is 1. The summed E-state index contributed by atoms with van der Waals surface area (Å²) in [5, 5.41) is 4.93. The maximum atomic E-state index is 11.5. The number of hydrogen-bond donors (Lipinski definition) is 1. The lowest BCUT2D eigenvalue weighted by molar-refractivity contribution is -0.122. The first-order chi connectivity index (χ1) is 6.41. The second-order valence-electron chi connectivity index (χ2n) is 3.68. The number of aryl methyl sites for hydroxylation is 1. The first kappa shape index (κ1) is 11.7. The van der Waals surface area contributed by atoms with Crippen molar-refractivity contribution in [3.05, 3.63) is 21.9 Å². The standard InChI is InChI=1S/C10H14BrNOS/c1-7-4-5-14-8(7)6-12-9(13)10(2,3)11/h4-5H,6H2,1-3H3,(H,12,13). The minimum atomic E-state index is -0.488. The van der Waals surface area contributed by atoms with Crippen LogP contribution in [0.2, 0.25) is 0 Å². The van der Waals surface area contributed by atoms with Crippen molar-refractivity contribution in [3.63, 3.8) is 0 Å². The highest BCUT2D eigenvalue weighted by atomic mass is 79.9. The van der Waals surface area contributed by atoms with Crippen molar-refractivity contribution in [2.75, 3.05) is 0 Å². The van der Waals surface area contributed by atoms with E-state index >= 15 is 0 Å². The largest absolute Gasteiger partial charge is 0.350 e. The molecule has 1 N–H and O–H groups in total. The molecule has 0 aliphatic carbocycles. The number of thiophene rings is 1. The highest BCUT2D eigenvalue weighted by Gasteiger charge is 2.23. The smallest absolute Gasteiger partial charge is 0.236 e. The van der Waals surface area contributed by atoms with Crippen molar-refractivity contribution in [1.82, 2.24) is 5.32 Å².